The van der Waals surface area contributed by atoms with E-state index in [0.717, 1.165) is 12.1 Å². The summed E-state index contributed by atoms with van der Waals surface area (Å²) in [6.45, 7) is -0.198. The van der Waals surface area contributed by atoms with E-state index in [1.807, 2.05) is 0 Å². The standard InChI is InChI=1S/C10H11F2NO3/c1-13(2-3-14)9-7(11)4-6(10(15)16)5-8(9)12/h4-5,14H,2-3H2,1H3,(H,15,16). The minimum atomic E-state index is -1.39. The van der Waals surface area contributed by atoms with E-state index in [4.69, 9.17) is 10.2 Å². The number of carbonyl (C=O) groups is 1. The monoisotopic (exact) mass is 231 g/mol. The van der Waals surface area contributed by atoms with Gasteiger partial charge >= 0.3 is 5.97 Å². The van der Waals surface area contributed by atoms with Gasteiger partial charge in [-0.2, -0.15) is 0 Å². The van der Waals surface area contributed by atoms with Gasteiger partial charge in [-0.15, -0.1) is 0 Å². The topological polar surface area (TPSA) is 60.8 Å². The first-order chi connectivity index (χ1) is 7.47. The average Bonchev–Trinajstić information content (AvgIpc) is 2.16. The van der Waals surface area contributed by atoms with Gasteiger partial charge in [-0.3, -0.25) is 0 Å². The highest BCUT2D eigenvalue weighted by Gasteiger charge is 2.17. The molecule has 0 fully saturated rings. The Bertz CT molecular complexity index is 386. The van der Waals surface area contributed by atoms with Crippen molar-refractivity contribution in [3.63, 3.8) is 0 Å². The van der Waals surface area contributed by atoms with Gasteiger partial charge in [0.05, 0.1) is 12.2 Å². The van der Waals surface area contributed by atoms with E-state index in [0.29, 0.717) is 0 Å². The molecule has 0 aliphatic carbocycles. The molecule has 0 bridgehead atoms. The van der Waals surface area contributed by atoms with Crippen LogP contribution in [-0.4, -0.2) is 36.4 Å². The molecular weight excluding hydrogens is 220 g/mol. The van der Waals surface area contributed by atoms with Gasteiger partial charge in [0.1, 0.15) is 17.3 Å². The highest BCUT2D eigenvalue weighted by atomic mass is 19.1. The Morgan fingerprint density at radius 3 is 2.25 bits per heavy atom. The molecule has 0 unspecified atom stereocenters. The molecule has 16 heavy (non-hydrogen) atoms. The van der Waals surface area contributed by atoms with Crippen LogP contribution in [0.3, 0.4) is 0 Å². The lowest BCUT2D eigenvalue weighted by Crippen LogP contribution is -2.23. The second kappa shape index (κ2) is 4.89. The maximum absolute atomic E-state index is 13.4. The Kier molecular flexibility index (Phi) is 3.78. The molecule has 0 radical (unpaired) electrons. The first kappa shape index (κ1) is 12.4. The van der Waals surface area contributed by atoms with E-state index < -0.39 is 23.2 Å². The molecule has 0 atom stereocenters. The Morgan fingerprint density at radius 2 is 1.88 bits per heavy atom. The van der Waals surface area contributed by atoms with Crippen molar-refractivity contribution in [2.24, 2.45) is 0 Å². The number of anilines is 1. The van der Waals surface area contributed by atoms with Crippen molar-refractivity contribution < 1.29 is 23.8 Å². The fourth-order valence-corrected chi connectivity index (χ4v) is 1.32. The van der Waals surface area contributed by atoms with Crippen LogP contribution in [0.25, 0.3) is 0 Å². The van der Waals surface area contributed by atoms with Crippen LogP contribution >= 0.6 is 0 Å². The Labute approximate surface area is 90.7 Å². The maximum Gasteiger partial charge on any atom is 0.335 e. The van der Waals surface area contributed by atoms with Crippen LogP contribution in [0, 0.1) is 11.6 Å². The van der Waals surface area contributed by atoms with Gasteiger partial charge in [-0.1, -0.05) is 0 Å². The van der Waals surface area contributed by atoms with Gasteiger partial charge < -0.3 is 15.1 Å². The molecule has 0 aliphatic heterocycles. The zero-order valence-corrected chi connectivity index (χ0v) is 8.57. The molecule has 1 rings (SSSR count). The summed E-state index contributed by atoms with van der Waals surface area (Å²) in [7, 11) is 1.40. The minimum Gasteiger partial charge on any atom is -0.478 e. The van der Waals surface area contributed by atoms with Gasteiger partial charge in [0.2, 0.25) is 0 Å². The number of hydrogen-bond acceptors (Lipinski definition) is 3. The molecule has 6 heteroatoms. The van der Waals surface area contributed by atoms with Gasteiger partial charge in [0.15, 0.2) is 0 Å². The number of aromatic carboxylic acids is 1. The SMILES string of the molecule is CN(CCO)c1c(F)cc(C(=O)O)cc1F. The fraction of sp³-hybridized carbons (Fsp3) is 0.300. The zero-order chi connectivity index (χ0) is 12.3. The lowest BCUT2D eigenvalue weighted by molar-refractivity contribution is 0.0695. The number of halogens is 2. The summed E-state index contributed by atoms with van der Waals surface area (Å²) in [5.74, 6) is -3.32. The summed E-state index contributed by atoms with van der Waals surface area (Å²) in [5.41, 5.74) is -0.796. The summed E-state index contributed by atoms with van der Waals surface area (Å²) < 4.78 is 26.8. The van der Waals surface area contributed by atoms with Crippen LogP contribution in [0.2, 0.25) is 0 Å². The van der Waals surface area contributed by atoms with Gasteiger partial charge in [-0.05, 0) is 12.1 Å². The third-order valence-electron chi connectivity index (χ3n) is 2.08. The average molecular weight is 231 g/mol. The largest absolute Gasteiger partial charge is 0.478 e. The smallest absolute Gasteiger partial charge is 0.335 e. The molecule has 2 N–H and O–H groups in total. The molecule has 0 aromatic heterocycles. The summed E-state index contributed by atoms with van der Waals surface area (Å²) >= 11 is 0. The van der Waals surface area contributed by atoms with Gasteiger partial charge in [-0.25, -0.2) is 13.6 Å². The number of carboxylic acid groups (broad SMARTS) is 1. The second-order valence-electron chi connectivity index (χ2n) is 3.24. The molecular formula is C10H11F2NO3. The number of likely N-dealkylation sites (N-methyl/N-ethyl adjacent to an activating group) is 1. The molecule has 0 amide bonds. The van der Waals surface area contributed by atoms with E-state index in [9.17, 15) is 13.6 Å². The lowest BCUT2D eigenvalue weighted by Gasteiger charge is -2.19. The molecule has 88 valence electrons. The van der Waals surface area contributed by atoms with Crippen molar-refractivity contribution >= 4 is 11.7 Å². The van der Waals surface area contributed by atoms with Crippen LogP contribution in [0.4, 0.5) is 14.5 Å². The molecule has 0 aliphatic rings. The summed E-state index contributed by atoms with van der Waals surface area (Å²) in [6, 6.07) is 1.49. The first-order valence-electron chi connectivity index (χ1n) is 4.51. The van der Waals surface area contributed by atoms with E-state index in [-0.39, 0.29) is 18.8 Å². The summed E-state index contributed by atoms with van der Waals surface area (Å²) in [4.78, 5) is 11.7. The number of hydrogen-bond donors (Lipinski definition) is 2. The molecule has 0 heterocycles. The number of aliphatic hydroxyl groups is 1. The normalized spacial score (nSPS) is 10.2. The van der Waals surface area contributed by atoms with Crippen molar-refractivity contribution in [1.29, 1.82) is 0 Å². The summed E-state index contributed by atoms with van der Waals surface area (Å²) in [5, 5.41) is 17.2. The van der Waals surface area contributed by atoms with Crippen molar-refractivity contribution in [2.75, 3.05) is 25.1 Å². The molecule has 1 aromatic carbocycles. The number of carboxylic acids is 1. The minimum absolute atomic E-state index is 0.0558. The van der Waals surface area contributed by atoms with E-state index >= 15 is 0 Å². The van der Waals surface area contributed by atoms with Crippen LogP contribution in [0.5, 0.6) is 0 Å². The number of nitrogens with zero attached hydrogens (tertiary/aromatic N) is 1. The number of benzene rings is 1. The maximum atomic E-state index is 13.4. The number of rotatable bonds is 4. The van der Waals surface area contributed by atoms with E-state index in [1.165, 1.54) is 11.9 Å². The molecule has 4 nitrogen and oxygen atoms in total. The Hall–Kier alpha value is -1.69. The highest BCUT2D eigenvalue weighted by Crippen LogP contribution is 2.23. The predicted octanol–water partition coefficient (Wildman–Crippen LogP) is 1.09. The van der Waals surface area contributed by atoms with Crippen molar-refractivity contribution in [2.45, 2.75) is 0 Å². The summed E-state index contributed by atoms with van der Waals surface area (Å²) in [6.07, 6.45) is 0. The highest BCUT2D eigenvalue weighted by molar-refractivity contribution is 5.88. The predicted molar refractivity (Wildman–Crippen MR) is 53.7 cm³/mol. The molecule has 1 aromatic rings. The van der Waals surface area contributed by atoms with Crippen molar-refractivity contribution in [3.8, 4) is 0 Å². The lowest BCUT2D eigenvalue weighted by atomic mass is 10.1. The fourth-order valence-electron chi connectivity index (χ4n) is 1.32. The van der Waals surface area contributed by atoms with Crippen LogP contribution in [-0.2, 0) is 0 Å². The van der Waals surface area contributed by atoms with Crippen LogP contribution in [0.15, 0.2) is 12.1 Å². The quantitative estimate of drug-likeness (QED) is 0.814. The zero-order valence-electron chi connectivity index (χ0n) is 8.57. The van der Waals surface area contributed by atoms with Gasteiger partial charge in [0.25, 0.3) is 0 Å². The molecule has 0 spiro atoms. The third kappa shape index (κ3) is 2.46. The Morgan fingerprint density at radius 1 is 1.38 bits per heavy atom. The van der Waals surface area contributed by atoms with E-state index in [2.05, 4.69) is 0 Å². The van der Waals surface area contributed by atoms with Crippen LogP contribution in [0.1, 0.15) is 10.4 Å². The second-order valence-corrected chi connectivity index (χ2v) is 3.24. The Balaban J connectivity index is 3.17. The van der Waals surface area contributed by atoms with Crippen molar-refractivity contribution in [1.82, 2.24) is 0 Å². The first-order valence-corrected chi connectivity index (χ1v) is 4.51. The van der Waals surface area contributed by atoms with E-state index in [1.54, 1.807) is 0 Å². The molecule has 0 saturated heterocycles. The third-order valence-corrected chi connectivity index (χ3v) is 2.08. The molecule has 0 saturated carbocycles. The number of aliphatic hydroxyl groups excluding tert-OH is 1. The van der Waals surface area contributed by atoms with Gasteiger partial charge in [0, 0.05) is 13.6 Å². The van der Waals surface area contributed by atoms with Crippen LogP contribution < -0.4 is 4.90 Å². The van der Waals surface area contributed by atoms with Crippen molar-refractivity contribution in [3.05, 3.63) is 29.3 Å².